The maximum absolute atomic E-state index is 4.90. The number of aromatic nitrogens is 3. The van der Waals surface area contributed by atoms with Crippen molar-refractivity contribution < 1.29 is 0 Å². The molecule has 3 aromatic heterocycles. The van der Waals surface area contributed by atoms with Crippen molar-refractivity contribution in [1.29, 1.82) is 0 Å². The Morgan fingerprint density at radius 3 is 1.74 bits per heavy atom. The van der Waals surface area contributed by atoms with Gasteiger partial charge in [-0.2, -0.15) is 0 Å². The van der Waals surface area contributed by atoms with Gasteiger partial charge in [0.05, 0.1) is 34.2 Å². The number of hydrogen-bond acceptors (Lipinski definition) is 4. The van der Waals surface area contributed by atoms with E-state index in [0.717, 1.165) is 52.0 Å². The molecule has 31 heavy (non-hydrogen) atoms. The summed E-state index contributed by atoms with van der Waals surface area (Å²) in [6.45, 7) is 3.64. The smallest absolute Gasteiger partial charge is 0.0705 e. The van der Waals surface area contributed by atoms with Crippen LogP contribution in [0.25, 0.3) is 21.8 Å². The second kappa shape index (κ2) is 8.62. The molecule has 0 spiro atoms. The van der Waals surface area contributed by atoms with Crippen LogP contribution < -0.4 is 0 Å². The zero-order chi connectivity index (χ0) is 21.0. The van der Waals surface area contributed by atoms with Crippen LogP contribution in [0.2, 0.25) is 0 Å². The maximum atomic E-state index is 4.90. The largest absolute Gasteiger partial charge is 0.283 e. The van der Waals surface area contributed by atoms with E-state index in [9.17, 15) is 0 Å². The lowest BCUT2D eigenvalue weighted by Gasteiger charge is -2.28. The highest BCUT2D eigenvalue weighted by molar-refractivity contribution is 5.79. The van der Waals surface area contributed by atoms with Crippen molar-refractivity contribution in [3.05, 3.63) is 114 Å². The number of fused-ring (bicyclic) bond motifs is 2. The molecule has 1 unspecified atom stereocenters. The monoisotopic (exact) mass is 404 g/mol. The average molecular weight is 405 g/mol. The minimum absolute atomic E-state index is 0.128. The van der Waals surface area contributed by atoms with E-state index in [2.05, 4.69) is 71.4 Å². The SMILES string of the molecule is CC(c1ccccn1)N(Cc1ccc2ccccc2n1)Cc1ccc2ccccc2n1. The Morgan fingerprint density at radius 1 is 0.645 bits per heavy atom. The van der Waals surface area contributed by atoms with Gasteiger partial charge in [-0.1, -0.05) is 54.6 Å². The van der Waals surface area contributed by atoms with Gasteiger partial charge in [0.1, 0.15) is 0 Å². The summed E-state index contributed by atoms with van der Waals surface area (Å²) in [5, 5.41) is 2.32. The average Bonchev–Trinajstić information content (AvgIpc) is 2.83. The topological polar surface area (TPSA) is 41.9 Å². The lowest BCUT2D eigenvalue weighted by Crippen LogP contribution is -2.27. The molecule has 0 fully saturated rings. The van der Waals surface area contributed by atoms with Crippen molar-refractivity contribution in [2.24, 2.45) is 0 Å². The molecule has 2 aromatic carbocycles. The molecule has 0 saturated carbocycles. The number of hydrogen-bond donors (Lipinski definition) is 0. The molecule has 0 saturated heterocycles. The molecule has 4 nitrogen and oxygen atoms in total. The van der Waals surface area contributed by atoms with E-state index in [0.29, 0.717) is 0 Å². The first kappa shape index (κ1) is 19.3. The van der Waals surface area contributed by atoms with Crippen LogP contribution in [0.5, 0.6) is 0 Å². The summed E-state index contributed by atoms with van der Waals surface area (Å²) in [5.41, 5.74) is 5.18. The zero-order valence-electron chi connectivity index (χ0n) is 17.5. The number of nitrogens with zero attached hydrogens (tertiary/aromatic N) is 4. The van der Waals surface area contributed by atoms with E-state index >= 15 is 0 Å². The quantitative estimate of drug-likeness (QED) is 0.351. The van der Waals surface area contributed by atoms with Crippen LogP contribution in [0.3, 0.4) is 0 Å². The van der Waals surface area contributed by atoms with Gasteiger partial charge in [0.2, 0.25) is 0 Å². The van der Waals surface area contributed by atoms with Crippen LogP contribution in [0.15, 0.2) is 97.2 Å². The molecule has 152 valence electrons. The molecule has 3 heterocycles. The van der Waals surface area contributed by atoms with Crippen molar-refractivity contribution in [3.63, 3.8) is 0 Å². The normalized spacial score (nSPS) is 12.5. The predicted octanol–water partition coefficient (Wildman–Crippen LogP) is 5.94. The first-order chi connectivity index (χ1) is 15.3. The van der Waals surface area contributed by atoms with E-state index in [4.69, 9.17) is 9.97 Å². The van der Waals surface area contributed by atoms with Gasteiger partial charge in [-0.3, -0.25) is 19.9 Å². The summed E-state index contributed by atoms with van der Waals surface area (Å²) in [4.78, 5) is 16.8. The third-order valence-corrected chi connectivity index (χ3v) is 5.71. The summed E-state index contributed by atoms with van der Waals surface area (Å²) in [6, 6.07) is 31.2. The fourth-order valence-electron chi connectivity index (χ4n) is 3.95. The molecular formula is C27H24N4. The third kappa shape index (κ3) is 4.30. The standard InChI is InChI=1S/C27H24N4/c1-20(25-10-6-7-17-28-25)31(18-23-15-13-21-8-2-4-11-26(21)29-23)19-24-16-14-22-9-3-5-12-27(22)30-24/h2-17,20H,18-19H2,1H3. The lowest BCUT2D eigenvalue weighted by molar-refractivity contribution is 0.184. The fraction of sp³-hybridized carbons (Fsp3) is 0.148. The Hall–Kier alpha value is -3.63. The van der Waals surface area contributed by atoms with E-state index < -0.39 is 0 Å². The summed E-state index contributed by atoms with van der Waals surface area (Å²) in [6.07, 6.45) is 1.85. The van der Waals surface area contributed by atoms with Crippen molar-refractivity contribution in [2.75, 3.05) is 0 Å². The van der Waals surface area contributed by atoms with Gasteiger partial charge >= 0.3 is 0 Å². The molecule has 0 bridgehead atoms. The van der Waals surface area contributed by atoms with E-state index in [1.807, 2.05) is 42.6 Å². The highest BCUT2D eigenvalue weighted by atomic mass is 15.2. The lowest BCUT2D eigenvalue weighted by atomic mass is 10.1. The van der Waals surface area contributed by atoms with Crippen LogP contribution in [0.1, 0.15) is 30.0 Å². The Bertz CT molecular complexity index is 1240. The molecule has 0 amide bonds. The first-order valence-electron chi connectivity index (χ1n) is 10.6. The third-order valence-electron chi connectivity index (χ3n) is 5.71. The summed E-state index contributed by atoms with van der Waals surface area (Å²) in [5.74, 6) is 0. The van der Waals surface area contributed by atoms with Crippen LogP contribution in [-0.4, -0.2) is 19.9 Å². The van der Waals surface area contributed by atoms with Crippen molar-refractivity contribution in [1.82, 2.24) is 19.9 Å². The summed E-state index contributed by atoms with van der Waals surface area (Å²) < 4.78 is 0. The number of benzene rings is 2. The molecule has 1 atom stereocenters. The van der Waals surface area contributed by atoms with E-state index in [1.54, 1.807) is 0 Å². The summed E-state index contributed by atoms with van der Waals surface area (Å²) >= 11 is 0. The highest BCUT2D eigenvalue weighted by Gasteiger charge is 2.19. The highest BCUT2D eigenvalue weighted by Crippen LogP contribution is 2.24. The molecule has 0 aliphatic heterocycles. The molecule has 5 rings (SSSR count). The Kier molecular flexibility index (Phi) is 5.38. The second-order valence-corrected chi connectivity index (χ2v) is 7.83. The van der Waals surface area contributed by atoms with E-state index in [1.165, 1.54) is 0 Å². The maximum Gasteiger partial charge on any atom is 0.0705 e. The second-order valence-electron chi connectivity index (χ2n) is 7.83. The van der Waals surface area contributed by atoms with Gasteiger partial charge in [0.15, 0.2) is 0 Å². The van der Waals surface area contributed by atoms with Gasteiger partial charge < -0.3 is 0 Å². The predicted molar refractivity (Wildman–Crippen MR) is 125 cm³/mol. The van der Waals surface area contributed by atoms with Crippen molar-refractivity contribution >= 4 is 21.8 Å². The Balaban J connectivity index is 1.48. The number of para-hydroxylation sites is 2. The fourth-order valence-corrected chi connectivity index (χ4v) is 3.95. The van der Waals surface area contributed by atoms with Crippen molar-refractivity contribution in [2.45, 2.75) is 26.1 Å². The molecule has 0 aliphatic carbocycles. The number of pyridine rings is 3. The Labute approximate surface area is 182 Å². The van der Waals surface area contributed by atoms with Crippen LogP contribution in [0.4, 0.5) is 0 Å². The van der Waals surface area contributed by atoms with Crippen LogP contribution >= 0.6 is 0 Å². The Morgan fingerprint density at radius 2 is 1.19 bits per heavy atom. The zero-order valence-corrected chi connectivity index (χ0v) is 17.5. The first-order valence-corrected chi connectivity index (χ1v) is 10.6. The van der Waals surface area contributed by atoms with Crippen LogP contribution in [-0.2, 0) is 13.1 Å². The van der Waals surface area contributed by atoms with E-state index in [-0.39, 0.29) is 6.04 Å². The van der Waals surface area contributed by atoms with Gasteiger partial charge in [-0.05, 0) is 43.3 Å². The minimum atomic E-state index is 0.128. The number of rotatable bonds is 6. The van der Waals surface area contributed by atoms with Crippen molar-refractivity contribution in [3.8, 4) is 0 Å². The van der Waals surface area contributed by atoms with Gasteiger partial charge in [-0.15, -0.1) is 0 Å². The molecule has 0 N–H and O–H groups in total. The minimum Gasteiger partial charge on any atom is -0.283 e. The van der Waals surface area contributed by atoms with Gasteiger partial charge in [0, 0.05) is 30.1 Å². The van der Waals surface area contributed by atoms with Gasteiger partial charge in [-0.25, -0.2) is 0 Å². The molecule has 0 aliphatic rings. The molecule has 5 aromatic rings. The molecular weight excluding hydrogens is 380 g/mol. The van der Waals surface area contributed by atoms with Gasteiger partial charge in [0.25, 0.3) is 0 Å². The summed E-state index contributed by atoms with van der Waals surface area (Å²) in [7, 11) is 0. The van der Waals surface area contributed by atoms with Crippen LogP contribution in [0, 0.1) is 0 Å². The molecule has 0 radical (unpaired) electrons. The molecule has 4 heteroatoms.